The number of aryl methyl sites for hydroxylation is 1. The molecule has 0 bridgehead atoms. The lowest BCUT2D eigenvalue weighted by molar-refractivity contribution is -0.121. The third kappa shape index (κ3) is 30.5. The number of hydrogen-bond acceptors (Lipinski definition) is 8. The van der Waals surface area contributed by atoms with Gasteiger partial charge in [-0.2, -0.15) is 0 Å². The van der Waals surface area contributed by atoms with E-state index in [-0.39, 0.29) is 43.3 Å². The van der Waals surface area contributed by atoms with Crippen molar-refractivity contribution in [2.45, 2.75) is 125 Å². The molecule has 0 radical (unpaired) electrons. The van der Waals surface area contributed by atoms with Crippen molar-refractivity contribution in [3.8, 4) is 0 Å². The normalized spacial score (nSPS) is 10.7. The van der Waals surface area contributed by atoms with Crippen molar-refractivity contribution in [1.82, 2.24) is 25.2 Å². The largest absolute Gasteiger partial charge is 0.369 e. The number of aldehydes is 1. The lowest BCUT2D eigenvalue weighted by Gasteiger charge is -2.36. The molecular formula is C32H62FN7O4. The van der Waals surface area contributed by atoms with Crippen molar-refractivity contribution in [2.75, 3.05) is 26.3 Å². The Balaban J connectivity index is -0.000000759. The van der Waals surface area contributed by atoms with Gasteiger partial charge in [-0.25, -0.2) is 0 Å². The van der Waals surface area contributed by atoms with Gasteiger partial charge in [-0.1, -0.05) is 51.5 Å². The minimum atomic E-state index is -0.475. The fourth-order valence-electron chi connectivity index (χ4n) is 3.39. The zero-order chi connectivity index (χ0) is 34.4. The van der Waals surface area contributed by atoms with Crippen molar-refractivity contribution < 1.29 is 23.6 Å². The molecule has 0 aliphatic carbocycles. The Morgan fingerprint density at radius 1 is 1.16 bits per heavy atom. The zero-order valence-electron chi connectivity index (χ0n) is 28.7. The van der Waals surface area contributed by atoms with Crippen molar-refractivity contribution in [2.24, 2.45) is 17.4 Å². The van der Waals surface area contributed by atoms with Crippen LogP contribution >= 0.6 is 0 Å². The Labute approximate surface area is 265 Å². The molecule has 0 saturated carbocycles. The summed E-state index contributed by atoms with van der Waals surface area (Å²) < 4.78 is 13.7. The van der Waals surface area contributed by atoms with E-state index in [9.17, 15) is 18.8 Å². The molecule has 0 aliphatic rings. The highest BCUT2D eigenvalue weighted by molar-refractivity contribution is 5.76. The van der Waals surface area contributed by atoms with Gasteiger partial charge in [0, 0.05) is 50.8 Å². The molecule has 1 heterocycles. The van der Waals surface area contributed by atoms with Gasteiger partial charge < -0.3 is 26.4 Å². The number of primary amides is 1. The molecule has 44 heavy (non-hydrogen) atoms. The molecule has 0 unspecified atom stereocenters. The molecule has 0 aromatic carbocycles. The Hall–Kier alpha value is -2.99. The molecule has 12 heteroatoms. The highest BCUT2D eigenvalue weighted by Crippen LogP contribution is 2.20. The van der Waals surface area contributed by atoms with Gasteiger partial charge in [0.15, 0.2) is 0 Å². The van der Waals surface area contributed by atoms with Crippen LogP contribution < -0.4 is 16.8 Å². The molecule has 2 amide bonds. The molecule has 11 nitrogen and oxygen atoms in total. The van der Waals surface area contributed by atoms with E-state index in [1.165, 1.54) is 6.42 Å². The first-order valence-corrected chi connectivity index (χ1v) is 15.7. The number of nitrogens with one attached hydrogen (secondary N) is 1. The summed E-state index contributed by atoms with van der Waals surface area (Å²) in [5.41, 5.74) is 10.6. The maximum absolute atomic E-state index is 12.0. The van der Waals surface area contributed by atoms with Gasteiger partial charge in [-0.05, 0) is 65.7 Å². The fourth-order valence-corrected chi connectivity index (χ4v) is 3.39. The van der Waals surface area contributed by atoms with Crippen LogP contribution in [-0.4, -0.2) is 75.6 Å². The Morgan fingerprint density at radius 3 is 2.23 bits per heavy atom. The number of hydrogen-bond donors (Lipinski definition) is 3. The van der Waals surface area contributed by atoms with Crippen LogP contribution in [-0.2, 0) is 32.3 Å². The highest BCUT2D eigenvalue weighted by Gasteiger charge is 2.27. The van der Waals surface area contributed by atoms with E-state index in [2.05, 4.69) is 75.1 Å². The SMILES string of the molecule is CC(=O)CCCC(C)C.CC=CCC.CCC(C)(C)N(CC(N)=O)Cc1cn(CCCNC(=O)CCCF)nn1.NCC=O. The monoisotopic (exact) mass is 627 g/mol. The number of alkyl halides is 1. The predicted octanol–water partition coefficient (Wildman–Crippen LogP) is 4.53. The predicted molar refractivity (Wildman–Crippen MR) is 176 cm³/mol. The number of nitrogens with two attached hydrogens (primary N) is 2. The third-order valence-electron chi connectivity index (χ3n) is 6.31. The second kappa shape index (κ2) is 30.1. The van der Waals surface area contributed by atoms with Gasteiger partial charge in [0.25, 0.3) is 0 Å². The summed E-state index contributed by atoms with van der Waals surface area (Å²) >= 11 is 0. The lowest BCUT2D eigenvalue weighted by Crippen LogP contribution is -2.47. The number of amides is 2. The van der Waals surface area contributed by atoms with Crippen molar-refractivity contribution >= 4 is 23.9 Å². The minimum absolute atomic E-state index is 0.134. The van der Waals surface area contributed by atoms with Gasteiger partial charge in [-0.3, -0.25) is 23.6 Å². The number of aromatic nitrogens is 3. The molecule has 256 valence electrons. The number of allylic oxidation sites excluding steroid dienone is 2. The fraction of sp³-hybridized carbons (Fsp3) is 0.750. The first-order valence-electron chi connectivity index (χ1n) is 15.7. The molecule has 0 fully saturated rings. The summed E-state index contributed by atoms with van der Waals surface area (Å²) in [5, 5.41) is 11.0. The summed E-state index contributed by atoms with van der Waals surface area (Å²) in [7, 11) is 0. The summed E-state index contributed by atoms with van der Waals surface area (Å²) in [4.78, 5) is 44.2. The van der Waals surface area contributed by atoms with Crippen LogP contribution in [0.4, 0.5) is 4.39 Å². The van der Waals surface area contributed by atoms with Crippen LogP contribution in [0.3, 0.4) is 0 Å². The van der Waals surface area contributed by atoms with Crippen molar-refractivity contribution in [1.29, 1.82) is 0 Å². The first kappa shape index (κ1) is 45.4. The number of halogens is 1. The summed E-state index contributed by atoms with van der Waals surface area (Å²) in [6, 6.07) is 0. The molecule has 5 N–H and O–H groups in total. The van der Waals surface area contributed by atoms with E-state index < -0.39 is 6.67 Å². The number of carbonyl (C=O) groups is 4. The molecular weight excluding hydrogens is 565 g/mol. The minimum Gasteiger partial charge on any atom is -0.369 e. The average molecular weight is 628 g/mol. The number of carbonyl (C=O) groups excluding carboxylic acids is 4. The van der Waals surface area contributed by atoms with Gasteiger partial charge >= 0.3 is 0 Å². The molecule has 1 aromatic rings. The van der Waals surface area contributed by atoms with Gasteiger partial charge in [0.2, 0.25) is 11.8 Å². The first-order chi connectivity index (χ1) is 20.7. The van der Waals surface area contributed by atoms with Crippen molar-refractivity contribution in [3.05, 3.63) is 24.0 Å². The molecule has 0 atom stereocenters. The molecule has 0 saturated heterocycles. The maximum atomic E-state index is 12.0. The lowest BCUT2D eigenvalue weighted by atomic mass is 9.99. The van der Waals surface area contributed by atoms with E-state index in [1.807, 2.05) is 18.0 Å². The van der Waals surface area contributed by atoms with Crippen LogP contribution in [0.5, 0.6) is 0 Å². The average Bonchev–Trinajstić information content (AvgIpc) is 3.41. The molecule has 0 spiro atoms. The highest BCUT2D eigenvalue weighted by atomic mass is 19.1. The topological polar surface area (TPSA) is 166 Å². The number of Topliss-reactive ketones (excluding diaryl/α,β-unsaturated/α-hetero) is 1. The molecule has 0 aliphatic heterocycles. The summed E-state index contributed by atoms with van der Waals surface area (Å²) in [6.45, 7) is 17.8. The van der Waals surface area contributed by atoms with Crippen LogP contribution in [0.15, 0.2) is 18.3 Å². The second-order valence-electron chi connectivity index (χ2n) is 11.3. The van der Waals surface area contributed by atoms with Crippen LogP contribution in [0, 0.1) is 5.92 Å². The Morgan fingerprint density at radius 2 is 1.80 bits per heavy atom. The van der Waals surface area contributed by atoms with E-state index in [0.29, 0.717) is 38.1 Å². The number of ketones is 1. The van der Waals surface area contributed by atoms with E-state index in [1.54, 1.807) is 11.6 Å². The number of rotatable bonds is 19. The number of nitrogens with zero attached hydrogens (tertiary/aromatic N) is 4. The van der Waals surface area contributed by atoms with Crippen LogP contribution in [0.2, 0.25) is 0 Å². The van der Waals surface area contributed by atoms with Crippen LogP contribution in [0.1, 0.15) is 112 Å². The van der Waals surface area contributed by atoms with Gasteiger partial charge in [0.05, 0.1) is 18.9 Å². The Kier molecular flexibility index (Phi) is 31.0. The van der Waals surface area contributed by atoms with Crippen LogP contribution in [0.25, 0.3) is 0 Å². The molecule has 1 rings (SSSR count). The van der Waals surface area contributed by atoms with Gasteiger partial charge in [0.1, 0.15) is 12.1 Å². The van der Waals surface area contributed by atoms with E-state index in [0.717, 1.165) is 37.3 Å². The van der Waals surface area contributed by atoms with E-state index in [4.69, 9.17) is 10.5 Å². The van der Waals surface area contributed by atoms with Crippen molar-refractivity contribution in [3.63, 3.8) is 0 Å². The van der Waals surface area contributed by atoms with E-state index >= 15 is 0 Å². The summed E-state index contributed by atoms with van der Waals surface area (Å²) in [5.74, 6) is 0.549. The third-order valence-corrected chi connectivity index (χ3v) is 6.31. The van der Waals surface area contributed by atoms with Gasteiger partial charge in [-0.15, -0.1) is 5.10 Å². The standard InChI is InChI=1S/C17H31FN6O2.C8H16O.C5H10.C2H5NO/c1-4-17(2,3)23(13-15(19)25)11-14-12-24(22-21-14)10-6-9-20-16(26)7-5-8-18;1-7(2)5-4-6-8(3)9;1-3-5-4-2;3-1-2-4/h12H,4-11,13H2,1-3H3,(H2,19,25)(H,20,26);7H,4-6H2,1-3H3;3,5H,4H2,1-2H3;2H,1,3H2. The second-order valence-corrected chi connectivity index (χ2v) is 11.3. The zero-order valence-corrected chi connectivity index (χ0v) is 28.7. The summed E-state index contributed by atoms with van der Waals surface area (Å²) in [6.07, 6.45) is 12.9. The molecule has 1 aromatic heterocycles. The quantitative estimate of drug-likeness (QED) is 0.114. The Bertz CT molecular complexity index is 905. The smallest absolute Gasteiger partial charge is 0.231 e. The maximum Gasteiger partial charge on any atom is 0.231 e.